The number of hydrogen-bond acceptors (Lipinski definition) is 4. The van der Waals surface area contributed by atoms with Gasteiger partial charge in [0.25, 0.3) is 0 Å². The van der Waals surface area contributed by atoms with Gasteiger partial charge in [0, 0.05) is 5.56 Å². The Morgan fingerprint density at radius 1 is 1.52 bits per heavy atom. The third kappa shape index (κ3) is 3.79. The van der Waals surface area contributed by atoms with Gasteiger partial charge in [-0.25, -0.2) is 4.79 Å². The average Bonchev–Trinajstić information content (AvgIpc) is 2.44. The lowest BCUT2D eigenvalue weighted by Gasteiger charge is -2.27. The van der Waals surface area contributed by atoms with Gasteiger partial charge in [0.15, 0.2) is 0 Å². The van der Waals surface area contributed by atoms with Crippen LogP contribution in [0.4, 0.5) is 0 Å². The van der Waals surface area contributed by atoms with Gasteiger partial charge in [0.2, 0.25) is 0 Å². The molecule has 2 N–H and O–H groups in total. The van der Waals surface area contributed by atoms with Gasteiger partial charge in [-0.3, -0.25) is 4.99 Å². The molecule has 0 saturated heterocycles. The predicted molar refractivity (Wildman–Crippen MR) is 88.3 cm³/mol. The Balaban J connectivity index is 2.25. The van der Waals surface area contributed by atoms with Crippen LogP contribution in [0.15, 0.2) is 29.3 Å². The second kappa shape index (κ2) is 6.98. The number of thioether (sulfide) groups is 1. The lowest BCUT2D eigenvalue weighted by atomic mass is 9.96. The van der Waals surface area contributed by atoms with E-state index >= 15 is 0 Å². The molecule has 1 aliphatic rings. The molecule has 0 radical (unpaired) electrons. The second-order valence-electron chi connectivity index (χ2n) is 5.58. The van der Waals surface area contributed by atoms with Crippen molar-refractivity contribution in [2.24, 2.45) is 10.9 Å². The monoisotopic (exact) mass is 306 g/mol. The summed E-state index contributed by atoms with van der Waals surface area (Å²) < 4.78 is 0. The number of carboxylic acids is 1. The number of amidine groups is 1. The van der Waals surface area contributed by atoms with E-state index in [9.17, 15) is 9.90 Å². The smallest absolute Gasteiger partial charge is 0.326 e. The molecule has 0 unspecified atom stereocenters. The van der Waals surface area contributed by atoms with E-state index in [1.807, 2.05) is 31.4 Å². The number of fused-ring (bicyclic) bond motifs is 1. The van der Waals surface area contributed by atoms with Crippen molar-refractivity contribution < 1.29 is 9.90 Å². The fourth-order valence-electron chi connectivity index (χ4n) is 2.65. The molecule has 0 fully saturated rings. The normalized spacial score (nSPS) is 20.1. The van der Waals surface area contributed by atoms with Gasteiger partial charge in [-0.15, -0.1) is 0 Å². The molecule has 0 spiro atoms. The molecule has 1 aromatic carbocycles. The highest BCUT2D eigenvalue weighted by molar-refractivity contribution is 7.98. The summed E-state index contributed by atoms with van der Waals surface area (Å²) >= 11 is 1.66. The minimum atomic E-state index is -0.824. The first-order valence-corrected chi connectivity index (χ1v) is 8.56. The molecular formula is C16H22N2O2S. The molecule has 0 bridgehead atoms. The molecule has 0 amide bonds. The maximum absolute atomic E-state index is 11.6. The summed E-state index contributed by atoms with van der Waals surface area (Å²) in [5.41, 5.74) is 2.25. The Kier molecular flexibility index (Phi) is 5.28. The molecule has 1 aromatic rings. The van der Waals surface area contributed by atoms with Gasteiger partial charge < -0.3 is 10.4 Å². The van der Waals surface area contributed by atoms with Gasteiger partial charge in [-0.1, -0.05) is 31.2 Å². The molecule has 4 nitrogen and oxygen atoms in total. The molecule has 0 aromatic heterocycles. The largest absolute Gasteiger partial charge is 0.480 e. The maximum Gasteiger partial charge on any atom is 0.326 e. The summed E-state index contributed by atoms with van der Waals surface area (Å²) in [5, 5.41) is 12.7. The van der Waals surface area contributed by atoms with Gasteiger partial charge in [-0.05, 0) is 36.8 Å². The number of hydrogen-bond donors (Lipinski definition) is 2. The molecule has 0 aliphatic carbocycles. The summed E-state index contributed by atoms with van der Waals surface area (Å²) in [4.78, 5) is 16.2. The van der Waals surface area contributed by atoms with Gasteiger partial charge in [0.1, 0.15) is 11.9 Å². The lowest BCUT2D eigenvalue weighted by Crippen LogP contribution is -2.47. The maximum atomic E-state index is 11.6. The van der Waals surface area contributed by atoms with Crippen molar-refractivity contribution in [3.63, 3.8) is 0 Å². The number of carboxylic acid groups (broad SMARTS) is 1. The average molecular weight is 306 g/mol. The quantitative estimate of drug-likeness (QED) is 0.877. The summed E-state index contributed by atoms with van der Waals surface area (Å²) in [7, 11) is 0. The summed E-state index contributed by atoms with van der Waals surface area (Å²) in [6.07, 6.45) is 2.89. The first kappa shape index (κ1) is 15.9. The van der Waals surface area contributed by atoms with Crippen LogP contribution in [0.1, 0.15) is 25.0 Å². The van der Waals surface area contributed by atoms with E-state index in [0.717, 1.165) is 17.7 Å². The van der Waals surface area contributed by atoms with E-state index in [4.69, 9.17) is 0 Å². The van der Waals surface area contributed by atoms with Crippen LogP contribution in [-0.4, -0.2) is 41.0 Å². The fourth-order valence-corrected chi connectivity index (χ4v) is 3.37. The zero-order valence-corrected chi connectivity index (χ0v) is 13.5. The van der Waals surface area contributed by atoms with Crippen molar-refractivity contribution in [1.29, 1.82) is 0 Å². The Morgan fingerprint density at radius 3 is 2.90 bits per heavy atom. The first-order valence-electron chi connectivity index (χ1n) is 7.17. The number of benzene rings is 1. The van der Waals surface area contributed by atoms with E-state index < -0.39 is 12.0 Å². The Bertz CT molecular complexity index is 545. The molecule has 0 saturated carbocycles. The summed E-state index contributed by atoms with van der Waals surface area (Å²) in [6.45, 7) is 4.01. The second-order valence-corrected chi connectivity index (χ2v) is 6.49. The molecule has 3 atom stereocenters. The summed E-state index contributed by atoms with van der Waals surface area (Å²) in [5.74, 6) is 0.721. The zero-order chi connectivity index (χ0) is 15.4. The van der Waals surface area contributed by atoms with Crippen molar-refractivity contribution in [3.05, 3.63) is 35.4 Å². The Labute approximate surface area is 130 Å². The first-order chi connectivity index (χ1) is 10.0. The fraction of sp³-hybridized carbons (Fsp3) is 0.500. The minimum absolute atomic E-state index is 0.0320. The zero-order valence-electron chi connectivity index (χ0n) is 12.7. The number of rotatable bonds is 5. The van der Waals surface area contributed by atoms with Crippen molar-refractivity contribution in [3.8, 4) is 0 Å². The number of carbonyl (C=O) groups is 1. The predicted octanol–water partition coefficient (Wildman–Crippen LogP) is 2.42. The van der Waals surface area contributed by atoms with Crippen molar-refractivity contribution in [1.82, 2.24) is 5.32 Å². The van der Waals surface area contributed by atoms with E-state index in [1.54, 1.807) is 11.8 Å². The van der Waals surface area contributed by atoms with E-state index in [0.29, 0.717) is 5.84 Å². The van der Waals surface area contributed by atoms with Crippen LogP contribution in [0, 0.1) is 5.92 Å². The van der Waals surface area contributed by atoms with Gasteiger partial charge in [-0.2, -0.15) is 11.8 Å². The highest BCUT2D eigenvalue weighted by Gasteiger charge is 2.28. The van der Waals surface area contributed by atoms with Crippen LogP contribution in [0.25, 0.3) is 0 Å². The molecule has 114 valence electrons. The molecule has 1 heterocycles. The lowest BCUT2D eigenvalue weighted by molar-refractivity contribution is -0.140. The van der Waals surface area contributed by atoms with Crippen LogP contribution in [0.2, 0.25) is 0 Å². The van der Waals surface area contributed by atoms with Crippen LogP contribution in [0.5, 0.6) is 0 Å². The van der Waals surface area contributed by atoms with Crippen LogP contribution < -0.4 is 5.32 Å². The number of aliphatic imine (C=N–C) groups is 1. The van der Waals surface area contributed by atoms with Gasteiger partial charge in [0.05, 0.1) is 6.04 Å². The number of aliphatic carboxylic acids is 1. The minimum Gasteiger partial charge on any atom is -0.480 e. The van der Waals surface area contributed by atoms with Crippen molar-refractivity contribution >= 4 is 23.6 Å². The van der Waals surface area contributed by atoms with E-state index in [2.05, 4.69) is 23.3 Å². The standard InChI is InChI=1S/C16H22N2O2S/c1-10(9-21-3)14(16(19)20)18-15-13-7-5-4-6-12(13)8-11(2)17-15/h4-7,10-11,14H,8-9H2,1-3H3,(H,17,18)(H,19,20)/t10-,11+,14+/m0/s1. The summed E-state index contributed by atoms with van der Waals surface area (Å²) in [6, 6.07) is 7.63. The topological polar surface area (TPSA) is 61.7 Å². The van der Waals surface area contributed by atoms with Crippen LogP contribution in [0.3, 0.4) is 0 Å². The Hall–Kier alpha value is -1.49. The highest BCUT2D eigenvalue weighted by Crippen LogP contribution is 2.20. The third-order valence-electron chi connectivity index (χ3n) is 3.69. The SMILES string of the molecule is CSC[C@H](C)[C@@H](NC1=N[C@H](C)Cc2ccccc21)C(=O)O. The molecule has 5 heteroatoms. The molecule has 21 heavy (non-hydrogen) atoms. The van der Waals surface area contributed by atoms with E-state index in [-0.39, 0.29) is 12.0 Å². The Morgan fingerprint density at radius 2 is 2.24 bits per heavy atom. The molecule has 2 rings (SSSR count). The van der Waals surface area contributed by atoms with Crippen LogP contribution >= 0.6 is 11.8 Å². The number of nitrogens with one attached hydrogen (secondary N) is 1. The molecule has 1 aliphatic heterocycles. The van der Waals surface area contributed by atoms with Crippen molar-refractivity contribution in [2.75, 3.05) is 12.0 Å². The van der Waals surface area contributed by atoms with Gasteiger partial charge >= 0.3 is 5.97 Å². The van der Waals surface area contributed by atoms with Crippen LogP contribution in [-0.2, 0) is 11.2 Å². The third-order valence-corrected chi connectivity index (χ3v) is 4.55. The van der Waals surface area contributed by atoms with Crippen molar-refractivity contribution in [2.45, 2.75) is 32.4 Å². The highest BCUT2D eigenvalue weighted by atomic mass is 32.2. The number of nitrogens with zero attached hydrogens (tertiary/aromatic N) is 1. The molecular weight excluding hydrogens is 284 g/mol. The van der Waals surface area contributed by atoms with E-state index in [1.165, 1.54) is 5.56 Å².